The van der Waals surface area contributed by atoms with E-state index in [1.165, 1.54) is 11.0 Å². The fourth-order valence-electron chi connectivity index (χ4n) is 2.79. The molecule has 3 rings (SSSR count). The van der Waals surface area contributed by atoms with Gasteiger partial charge < -0.3 is 4.90 Å². The van der Waals surface area contributed by atoms with Gasteiger partial charge in [0.05, 0.1) is 11.1 Å². The fraction of sp³-hybridized carbons (Fsp3) is 0.235. The van der Waals surface area contributed by atoms with Crippen molar-refractivity contribution in [2.75, 3.05) is 11.4 Å². The van der Waals surface area contributed by atoms with Gasteiger partial charge in [-0.15, -0.1) is 0 Å². The molecule has 0 radical (unpaired) electrons. The first-order valence-electron chi connectivity index (χ1n) is 7.24. The second kappa shape index (κ2) is 5.89. The minimum atomic E-state index is -4.47. The Morgan fingerprint density at radius 1 is 1.04 bits per heavy atom. The quantitative estimate of drug-likeness (QED) is 0.696. The topological polar surface area (TPSA) is 20.3 Å². The maximum absolute atomic E-state index is 13.8. The lowest BCUT2D eigenvalue weighted by Gasteiger charge is -2.30. The zero-order valence-electron chi connectivity index (χ0n) is 12.3. The summed E-state index contributed by atoms with van der Waals surface area (Å²) in [6.07, 6.45) is -3.61. The number of halogens is 5. The van der Waals surface area contributed by atoms with Crippen LogP contribution in [0.2, 0.25) is 0 Å². The van der Waals surface area contributed by atoms with Crippen molar-refractivity contribution >= 4 is 11.6 Å². The number of aryl methyl sites for hydroxylation is 1. The highest BCUT2D eigenvalue weighted by molar-refractivity contribution is 6.06. The Hall–Kier alpha value is -2.44. The summed E-state index contributed by atoms with van der Waals surface area (Å²) in [6.45, 7) is 0.258. The number of alkyl halides is 3. The predicted octanol–water partition coefficient (Wildman–Crippen LogP) is 4.58. The van der Waals surface area contributed by atoms with Crippen LogP contribution in [0.3, 0.4) is 0 Å². The van der Waals surface area contributed by atoms with E-state index in [2.05, 4.69) is 0 Å². The van der Waals surface area contributed by atoms with E-state index in [0.29, 0.717) is 30.2 Å². The Bertz CT molecular complexity index is 800. The lowest BCUT2D eigenvalue weighted by Crippen LogP contribution is -2.36. The highest BCUT2D eigenvalue weighted by Gasteiger charge is 2.33. The highest BCUT2D eigenvalue weighted by Crippen LogP contribution is 2.35. The van der Waals surface area contributed by atoms with Gasteiger partial charge in [0.15, 0.2) is 0 Å². The van der Waals surface area contributed by atoms with Crippen molar-refractivity contribution in [2.24, 2.45) is 0 Å². The average molecular weight is 341 g/mol. The summed E-state index contributed by atoms with van der Waals surface area (Å²) in [5.74, 6) is -2.51. The molecular formula is C17H12F5NO. The van der Waals surface area contributed by atoms with Gasteiger partial charge in [0, 0.05) is 18.3 Å². The molecule has 2 nitrogen and oxygen atoms in total. The third kappa shape index (κ3) is 2.98. The molecule has 2 aromatic rings. The van der Waals surface area contributed by atoms with Crippen LogP contribution in [0.25, 0.3) is 0 Å². The van der Waals surface area contributed by atoms with Crippen LogP contribution in [0.1, 0.15) is 27.9 Å². The van der Waals surface area contributed by atoms with Crippen LogP contribution in [-0.4, -0.2) is 12.5 Å². The summed E-state index contributed by atoms with van der Waals surface area (Å²) in [6, 6.07) is 5.72. The van der Waals surface area contributed by atoms with Crippen molar-refractivity contribution in [1.29, 1.82) is 0 Å². The molecule has 7 heteroatoms. The van der Waals surface area contributed by atoms with Crippen molar-refractivity contribution < 1.29 is 26.7 Å². The molecule has 2 aromatic carbocycles. The van der Waals surface area contributed by atoms with Gasteiger partial charge in [0.25, 0.3) is 5.91 Å². The van der Waals surface area contributed by atoms with E-state index >= 15 is 0 Å². The summed E-state index contributed by atoms with van der Waals surface area (Å²) in [5, 5.41) is 0. The fourth-order valence-corrected chi connectivity index (χ4v) is 2.79. The van der Waals surface area contributed by atoms with Gasteiger partial charge in [0.2, 0.25) is 0 Å². The number of benzene rings is 2. The third-order valence-corrected chi connectivity index (χ3v) is 3.93. The Kier molecular flexibility index (Phi) is 4.03. The first-order chi connectivity index (χ1) is 11.3. The smallest absolute Gasteiger partial charge is 0.308 e. The Labute approximate surface area is 134 Å². The zero-order chi connectivity index (χ0) is 17.5. The molecule has 0 bridgehead atoms. The van der Waals surface area contributed by atoms with Crippen molar-refractivity contribution in [2.45, 2.75) is 19.0 Å². The van der Waals surface area contributed by atoms with Crippen LogP contribution in [0, 0.1) is 11.6 Å². The molecule has 0 aliphatic carbocycles. The van der Waals surface area contributed by atoms with Crippen LogP contribution >= 0.6 is 0 Å². The number of hydrogen-bond donors (Lipinski definition) is 0. The largest absolute Gasteiger partial charge is 0.416 e. The zero-order valence-corrected chi connectivity index (χ0v) is 12.3. The molecule has 1 aliphatic heterocycles. The normalized spacial score (nSPS) is 14.5. The summed E-state index contributed by atoms with van der Waals surface area (Å²) >= 11 is 0. The Morgan fingerprint density at radius 2 is 1.79 bits per heavy atom. The Morgan fingerprint density at radius 3 is 2.46 bits per heavy atom. The minimum Gasteiger partial charge on any atom is -0.308 e. The number of amides is 1. The van der Waals surface area contributed by atoms with E-state index in [0.717, 1.165) is 24.3 Å². The first kappa shape index (κ1) is 16.4. The highest BCUT2D eigenvalue weighted by atomic mass is 19.4. The molecule has 0 unspecified atom stereocenters. The van der Waals surface area contributed by atoms with Gasteiger partial charge in [-0.1, -0.05) is 0 Å². The van der Waals surface area contributed by atoms with Crippen molar-refractivity contribution in [3.63, 3.8) is 0 Å². The molecule has 1 amide bonds. The van der Waals surface area contributed by atoms with Crippen LogP contribution in [0.15, 0.2) is 36.4 Å². The molecule has 1 heterocycles. The molecule has 126 valence electrons. The predicted molar refractivity (Wildman–Crippen MR) is 77.8 cm³/mol. The van der Waals surface area contributed by atoms with Crippen LogP contribution in [0.4, 0.5) is 27.6 Å². The molecule has 0 N–H and O–H groups in total. The van der Waals surface area contributed by atoms with Gasteiger partial charge in [-0.3, -0.25) is 4.79 Å². The van der Waals surface area contributed by atoms with Crippen LogP contribution in [-0.2, 0) is 12.6 Å². The first-order valence-corrected chi connectivity index (χ1v) is 7.24. The molecule has 0 atom stereocenters. The average Bonchev–Trinajstić information content (AvgIpc) is 2.52. The van der Waals surface area contributed by atoms with Gasteiger partial charge >= 0.3 is 6.18 Å². The summed E-state index contributed by atoms with van der Waals surface area (Å²) < 4.78 is 65.2. The maximum Gasteiger partial charge on any atom is 0.416 e. The van der Waals surface area contributed by atoms with E-state index in [9.17, 15) is 26.7 Å². The van der Waals surface area contributed by atoms with E-state index in [1.54, 1.807) is 0 Å². The number of fused-ring (bicyclic) bond motifs is 1. The van der Waals surface area contributed by atoms with Gasteiger partial charge in [-0.05, 0) is 48.7 Å². The van der Waals surface area contributed by atoms with Crippen molar-refractivity contribution in [3.05, 3.63) is 64.7 Å². The van der Waals surface area contributed by atoms with Gasteiger partial charge in [0.1, 0.15) is 11.6 Å². The molecule has 0 saturated heterocycles. The SMILES string of the molecule is O=C(c1ccc(F)cc1F)N1CCCc2cc(C(F)(F)F)ccc21. The van der Waals surface area contributed by atoms with Gasteiger partial charge in [-0.2, -0.15) is 13.2 Å². The second-order valence-corrected chi connectivity index (χ2v) is 5.53. The summed E-state index contributed by atoms with van der Waals surface area (Å²) in [4.78, 5) is 13.7. The molecule has 0 spiro atoms. The lowest BCUT2D eigenvalue weighted by atomic mass is 9.98. The van der Waals surface area contributed by atoms with Crippen LogP contribution < -0.4 is 4.90 Å². The summed E-state index contributed by atoms with van der Waals surface area (Å²) in [5.41, 5.74) is -0.400. The third-order valence-electron chi connectivity index (χ3n) is 3.93. The molecule has 0 saturated carbocycles. The maximum atomic E-state index is 13.8. The van der Waals surface area contributed by atoms with Crippen LogP contribution in [0.5, 0.6) is 0 Å². The van der Waals surface area contributed by atoms with E-state index < -0.39 is 29.3 Å². The molecule has 1 aliphatic rings. The number of nitrogens with zero attached hydrogens (tertiary/aromatic N) is 1. The molecule has 24 heavy (non-hydrogen) atoms. The standard InChI is InChI=1S/C17H12F5NO/c18-12-4-5-13(14(19)9-12)16(24)23-7-1-2-10-8-11(17(20,21)22)3-6-15(10)23/h3-6,8-9H,1-2,7H2. The van der Waals surface area contributed by atoms with E-state index in [-0.39, 0.29) is 12.1 Å². The Balaban J connectivity index is 1.99. The van der Waals surface area contributed by atoms with E-state index in [4.69, 9.17) is 0 Å². The molecular weight excluding hydrogens is 329 g/mol. The lowest BCUT2D eigenvalue weighted by molar-refractivity contribution is -0.137. The molecule has 0 fully saturated rings. The number of rotatable bonds is 1. The van der Waals surface area contributed by atoms with E-state index in [1.807, 2.05) is 0 Å². The van der Waals surface area contributed by atoms with Gasteiger partial charge in [-0.25, -0.2) is 8.78 Å². The van der Waals surface area contributed by atoms with Crippen molar-refractivity contribution in [3.8, 4) is 0 Å². The summed E-state index contributed by atoms with van der Waals surface area (Å²) in [7, 11) is 0. The van der Waals surface area contributed by atoms with Crippen molar-refractivity contribution in [1.82, 2.24) is 0 Å². The number of carbonyl (C=O) groups is 1. The monoisotopic (exact) mass is 341 g/mol. The second-order valence-electron chi connectivity index (χ2n) is 5.53. The minimum absolute atomic E-state index is 0.258. The number of hydrogen-bond acceptors (Lipinski definition) is 1. The number of carbonyl (C=O) groups excluding carboxylic acids is 1. The molecule has 0 aromatic heterocycles. The number of anilines is 1.